The van der Waals surface area contributed by atoms with Crippen molar-refractivity contribution < 1.29 is 0 Å². The molecule has 0 bridgehead atoms. The van der Waals surface area contributed by atoms with E-state index in [0.29, 0.717) is 27.1 Å². The van der Waals surface area contributed by atoms with Crippen LogP contribution in [0, 0.1) is 0 Å². The number of nitrogen functional groups attached to an aromatic ring is 1. The predicted molar refractivity (Wildman–Crippen MR) is 89.1 cm³/mol. The third-order valence-corrected chi connectivity index (χ3v) is 3.58. The fourth-order valence-corrected chi connectivity index (χ4v) is 2.21. The molecule has 0 radical (unpaired) electrons. The molecule has 22 heavy (non-hydrogen) atoms. The number of halogens is 2. The fraction of sp³-hybridized carbons (Fsp3) is 0. The van der Waals surface area contributed by atoms with Crippen LogP contribution in [-0.2, 0) is 0 Å². The van der Waals surface area contributed by atoms with E-state index < -0.39 is 0 Å². The first-order chi connectivity index (χ1) is 10.6. The molecule has 2 aromatic carbocycles. The maximum atomic E-state index is 6.06. The molecule has 0 unspecified atom stereocenters. The molecule has 0 aliphatic carbocycles. The number of anilines is 1. The molecule has 3 N–H and O–H groups in total. The van der Waals surface area contributed by atoms with Crippen LogP contribution in [0.5, 0.6) is 0 Å². The highest BCUT2D eigenvalue weighted by Crippen LogP contribution is 2.35. The summed E-state index contributed by atoms with van der Waals surface area (Å²) in [7, 11) is 0. The van der Waals surface area contributed by atoms with Crippen molar-refractivity contribution in [3.8, 4) is 11.3 Å². The lowest BCUT2D eigenvalue weighted by Crippen LogP contribution is -1.83. The first-order valence-electron chi connectivity index (χ1n) is 6.41. The van der Waals surface area contributed by atoms with Gasteiger partial charge in [0, 0.05) is 10.6 Å². The van der Waals surface area contributed by atoms with Crippen molar-refractivity contribution in [2.24, 2.45) is 10.2 Å². The second-order valence-corrected chi connectivity index (χ2v) is 5.33. The maximum Gasteiger partial charge on any atom is 0.173 e. The second kappa shape index (κ2) is 6.17. The first kappa shape index (κ1) is 14.6. The van der Waals surface area contributed by atoms with Crippen LogP contribution >= 0.6 is 23.2 Å². The molecule has 0 aliphatic heterocycles. The number of benzene rings is 2. The molecule has 1 heterocycles. The van der Waals surface area contributed by atoms with E-state index in [0.717, 1.165) is 5.56 Å². The standard InChI is InChI=1S/C15H11Cl2N5/c16-10-7-5-9(6-8-10)13-14(15(18)22-20-13)21-19-12-4-2-1-3-11(12)17/h1-8H,(H3,18,20,22). The molecule has 1 aromatic heterocycles. The summed E-state index contributed by atoms with van der Waals surface area (Å²) in [5, 5.41) is 16.3. The molecule has 0 aliphatic rings. The lowest BCUT2D eigenvalue weighted by molar-refractivity contribution is 1.10. The van der Waals surface area contributed by atoms with Crippen LogP contribution < -0.4 is 5.73 Å². The summed E-state index contributed by atoms with van der Waals surface area (Å²) in [6.45, 7) is 0. The third-order valence-electron chi connectivity index (χ3n) is 3.01. The Morgan fingerprint density at radius 2 is 1.68 bits per heavy atom. The topological polar surface area (TPSA) is 79.4 Å². The van der Waals surface area contributed by atoms with Gasteiger partial charge in [0.25, 0.3) is 0 Å². The van der Waals surface area contributed by atoms with Crippen LogP contribution in [0.3, 0.4) is 0 Å². The molecular formula is C15H11Cl2N5. The van der Waals surface area contributed by atoms with E-state index in [9.17, 15) is 0 Å². The average molecular weight is 332 g/mol. The summed E-state index contributed by atoms with van der Waals surface area (Å²) in [6, 6.07) is 14.4. The fourth-order valence-electron chi connectivity index (χ4n) is 1.91. The minimum Gasteiger partial charge on any atom is -0.380 e. The Bertz CT molecular complexity index is 824. The Balaban J connectivity index is 2.00. The van der Waals surface area contributed by atoms with Crippen LogP contribution in [0.25, 0.3) is 11.3 Å². The average Bonchev–Trinajstić information content (AvgIpc) is 2.88. The third kappa shape index (κ3) is 2.95. The van der Waals surface area contributed by atoms with Gasteiger partial charge in [-0.25, -0.2) is 0 Å². The van der Waals surface area contributed by atoms with E-state index in [-0.39, 0.29) is 5.82 Å². The summed E-state index contributed by atoms with van der Waals surface area (Å²) in [6.07, 6.45) is 0. The molecule has 0 amide bonds. The lowest BCUT2D eigenvalue weighted by Gasteiger charge is -2.00. The number of aromatic amines is 1. The highest BCUT2D eigenvalue weighted by Gasteiger charge is 2.12. The molecular weight excluding hydrogens is 321 g/mol. The van der Waals surface area contributed by atoms with Gasteiger partial charge in [-0.1, -0.05) is 47.5 Å². The summed E-state index contributed by atoms with van der Waals surface area (Å²) in [5.74, 6) is 0.265. The number of nitrogens with two attached hydrogens (primary N) is 1. The molecule has 5 nitrogen and oxygen atoms in total. The molecule has 0 saturated heterocycles. The van der Waals surface area contributed by atoms with E-state index in [2.05, 4.69) is 20.4 Å². The smallest absolute Gasteiger partial charge is 0.173 e. The van der Waals surface area contributed by atoms with Crippen molar-refractivity contribution >= 4 is 40.4 Å². The number of hydrogen-bond donors (Lipinski definition) is 2. The van der Waals surface area contributed by atoms with Gasteiger partial charge < -0.3 is 5.73 Å². The molecule has 0 atom stereocenters. The number of rotatable bonds is 3. The van der Waals surface area contributed by atoms with Crippen LogP contribution in [0.15, 0.2) is 58.8 Å². The molecule has 0 saturated carbocycles. The van der Waals surface area contributed by atoms with Gasteiger partial charge in [-0.15, -0.1) is 10.2 Å². The van der Waals surface area contributed by atoms with Gasteiger partial charge in [0.1, 0.15) is 5.69 Å². The largest absolute Gasteiger partial charge is 0.380 e. The monoisotopic (exact) mass is 331 g/mol. The van der Waals surface area contributed by atoms with Crippen LogP contribution in [0.4, 0.5) is 17.2 Å². The van der Waals surface area contributed by atoms with Crippen LogP contribution in [0.1, 0.15) is 0 Å². The highest BCUT2D eigenvalue weighted by molar-refractivity contribution is 6.32. The van der Waals surface area contributed by atoms with Crippen molar-refractivity contribution in [1.82, 2.24) is 10.2 Å². The summed E-state index contributed by atoms with van der Waals surface area (Å²) >= 11 is 12.0. The Labute approximate surface area is 136 Å². The Morgan fingerprint density at radius 3 is 2.41 bits per heavy atom. The molecule has 0 fully saturated rings. The zero-order chi connectivity index (χ0) is 15.5. The number of nitrogens with one attached hydrogen (secondary N) is 1. The van der Waals surface area contributed by atoms with E-state index in [1.54, 1.807) is 24.3 Å². The Kier molecular flexibility index (Phi) is 4.09. The number of nitrogens with zero attached hydrogens (tertiary/aromatic N) is 3. The zero-order valence-electron chi connectivity index (χ0n) is 11.3. The number of aromatic nitrogens is 2. The van der Waals surface area contributed by atoms with E-state index in [1.807, 2.05) is 24.3 Å². The maximum absolute atomic E-state index is 6.06. The van der Waals surface area contributed by atoms with Gasteiger partial charge in [0.05, 0.1) is 10.7 Å². The predicted octanol–water partition coefficient (Wildman–Crippen LogP) is 5.38. The summed E-state index contributed by atoms with van der Waals surface area (Å²) in [5.41, 5.74) is 8.41. The van der Waals surface area contributed by atoms with Crippen molar-refractivity contribution in [3.05, 3.63) is 58.6 Å². The van der Waals surface area contributed by atoms with Gasteiger partial charge in [0.15, 0.2) is 11.5 Å². The van der Waals surface area contributed by atoms with Crippen molar-refractivity contribution in [2.45, 2.75) is 0 Å². The summed E-state index contributed by atoms with van der Waals surface area (Å²) < 4.78 is 0. The summed E-state index contributed by atoms with van der Waals surface area (Å²) in [4.78, 5) is 0. The number of H-pyrrole nitrogens is 1. The Hall–Kier alpha value is -2.37. The van der Waals surface area contributed by atoms with Gasteiger partial charge in [-0.3, -0.25) is 5.10 Å². The first-order valence-corrected chi connectivity index (χ1v) is 7.17. The van der Waals surface area contributed by atoms with Crippen molar-refractivity contribution in [1.29, 1.82) is 0 Å². The molecule has 3 rings (SSSR count). The minimum absolute atomic E-state index is 0.265. The van der Waals surface area contributed by atoms with Gasteiger partial charge in [-0.2, -0.15) is 5.10 Å². The molecule has 3 aromatic rings. The molecule has 7 heteroatoms. The number of azo groups is 1. The number of hydrogen-bond acceptors (Lipinski definition) is 4. The SMILES string of the molecule is Nc1n[nH]c(-c2ccc(Cl)cc2)c1N=Nc1ccccc1Cl. The zero-order valence-corrected chi connectivity index (χ0v) is 12.8. The van der Waals surface area contributed by atoms with E-state index in [4.69, 9.17) is 28.9 Å². The minimum atomic E-state index is 0.265. The second-order valence-electron chi connectivity index (χ2n) is 4.49. The van der Waals surface area contributed by atoms with E-state index >= 15 is 0 Å². The van der Waals surface area contributed by atoms with Gasteiger partial charge in [-0.05, 0) is 24.3 Å². The lowest BCUT2D eigenvalue weighted by atomic mass is 10.1. The van der Waals surface area contributed by atoms with E-state index in [1.165, 1.54) is 0 Å². The van der Waals surface area contributed by atoms with Gasteiger partial charge >= 0.3 is 0 Å². The highest BCUT2D eigenvalue weighted by atomic mass is 35.5. The molecule has 110 valence electrons. The van der Waals surface area contributed by atoms with Crippen molar-refractivity contribution in [3.63, 3.8) is 0 Å². The van der Waals surface area contributed by atoms with Gasteiger partial charge in [0.2, 0.25) is 0 Å². The Morgan fingerprint density at radius 1 is 0.955 bits per heavy atom. The van der Waals surface area contributed by atoms with Crippen LogP contribution in [-0.4, -0.2) is 10.2 Å². The quantitative estimate of drug-likeness (QED) is 0.631. The van der Waals surface area contributed by atoms with Crippen molar-refractivity contribution in [2.75, 3.05) is 5.73 Å². The van der Waals surface area contributed by atoms with Crippen LogP contribution in [0.2, 0.25) is 10.0 Å². The molecule has 0 spiro atoms. The normalized spacial score (nSPS) is 11.2.